The molecular weight excluding hydrogens is 208 g/mol. The number of hydrogen-bond acceptors (Lipinski definition) is 4. The Balaban J connectivity index is 3.80. The van der Waals surface area contributed by atoms with Gasteiger partial charge in [0.2, 0.25) is 5.91 Å². The Bertz CT molecular complexity index is 207. The van der Waals surface area contributed by atoms with E-state index in [4.69, 9.17) is 4.74 Å². The molecule has 0 saturated carbocycles. The molecule has 96 valence electrons. The molecule has 0 heterocycles. The molecule has 5 heteroatoms. The number of aliphatic hydroxyl groups excluding tert-OH is 1. The molecule has 1 atom stereocenters. The second kappa shape index (κ2) is 7.60. The maximum atomic E-state index is 11.7. The maximum Gasteiger partial charge on any atom is 0.239 e. The quantitative estimate of drug-likeness (QED) is 0.546. The predicted molar refractivity (Wildman–Crippen MR) is 63.3 cm³/mol. The Morgan fingerprint density at radius 3 is 2.62 bits per heavy atom. The van der Waals surface area contributed by atoms with Gasteiger partial charge in [0.05, 0.1) is 18.2 Å². The Kier molecular flexibility index (Phi) is 7.29. The van der Waals surface area contributed by atoms with Gasteiger partial charge in [0, 0.05) is 13.7 Å². The number of likely N-dealkylation sites (N-methyl/N-ethyl adjacent to an activating group) is 1. The maximum absolute atomic E-state index is 11.7. The van der Waals surface area contributed by atoms with Gasteiger partial charge >= 0.3 is 0 Å². The summed E-state index contributed by atoms with van der Waals surface area (Å²) in [7, 11) is 1.54. The molecule has 0 aromatic heterocycles. The van der Waals surface area contributed by atoms with Gasteiger partial charge in [-0.1, -0.05) is 6.92 Å². The van der Waals surface area contributed by atoms with E-state index in [9.17, 15) is 9.90 Å². The first-order valence-corrected chi connectivity index (χ1v) is 5.64. The molecule has 0 spiro atoms. The van der Waals surface area contributed by atoms with Crippen molar-refractivity contribution in [2.45, 2.75) is 38.8 Å². The van der Waals surface area contributed by atoms with Crippen molar-refractivity contribution in [2.75, 3.05) is 26.8 Å². The van der Waals surface area contributed by atoms with Crippen LogP contribution in [0, 0.1) is 0 Å². The van der Waals surface area contributed by atoms with Crippen LogP contribution in [0.5, 0.6) is 0 Å². The first kappa shape index (κ1) is 15.3. The van der Waals surface area contributed by atoms with Gasteiger partial charge in [-0.05, 0) is 26.8 Å². The molecule has 0 saturated heterocycles. The van der Waals surface area contributed by atoms with E-state index in [1.165, 1.54) is 7.11 Å². The van der Waals surface area contributed by atoms with Crippen molar-refractivity contribution in [3.05, 3.63) is 0 Å². The van der Waals surface area contributed by atoms with E-state index >= 15 is 0 Å². The Labute approximate surface area is 97.6 Å². The summed E-state index contributed by atoms with van der Waals surface area (Å²) in [5.41, 5.74) is -0.568. The Morgan fingerprint density at radius 1 is 1.50 bits per heavy atom. The normalized spacial score (nSPS) is 13.6. The molecule has 1 unspecified atom stereocenters. The van der Waals surface area contributed by atoms with Crippen LogP contribution in [0.25, 0.3) is 0 Å². The smallest absolute Gasteiger partial charge is 0.239 e. The van der Waals surface area contributed by atoms with Crippen LogP contribution in [0.3, 0.4) is 0 Å². The van der Waals surface area contributed by atoms with Crippen LogP contribution in [0.4, 0.5) is 0 Å². The number of rotatable bonds is 8. The molecule has 3 N–H and O–H groups in total. The molecule has 0 aromatic rings. The number of ether oxygens (including phenoxy) is 1. The van der Waals surface area contributed by atoms with Gasteiger partial charge in [0.15, 0.2) is 0 Å². The third kappa shape index (κ3) is 6.05. The summed E-state index contributed by atoms with van der Waals surface area (Å²) in [5, 5.41) is 15.2. The van der Waals surface area contributed by atoms with Gasteiger partial charge < -0.3 is 20.5 Å². The molecule has 0 rings (SSSR count). The number of methoxy groups -OCH3 is 1. The molecule has 0 aromatic carbocycles. The first-order chi connectivity index (χ1) is 7.44. The number of nitrogens with one attached hydrogen (secondary N) is 2. The molecule has 0 aliphatic carbocycles. The third-order valence-electron chi connectivity index (χ3n) is 2.31. The number of carbonyl (C=O) groups is 1. The summed E-state index contributed by atoms with van der Waals surface area (Å²) in [6.07, 6.45) is -0.0190. The van der Waals surface area contributed by atoms with Crippen molar-refractivity contribution in [2.24, 2.45) is 0 Å². The van der Waals surface area contributed by atoms with Crippen LogP contribution >= 0.6 is 0 Å². The highest BCUT2D eigenvalue weighted by Gasteiger charge is 2.25. The second-order valence-electron chi connectivity index (χ2n) is 4.31. The number of carbonyl (C=O) groups excluding carboxylic acids is 1. The fraction of sp³-hybridized carbons (Fsp3) is 0.909. The SMILES string of the molecule is CCNC(C)(C)C(=O)NCCC(O)COC. The Hall–Kier alpha value is -0.650. The summed E-state index contributed by atoms with van der Waals surface area (Å²) >= 11 is 0. The standard InChI is InChI=1S/C11H24N2O3/c1-5-13-11(2,3)10(15)12-7-6-9(14)8-16-4/h9,13-14H,5-8H2,1-4H3,(H,12,15). The molecule has 0 aliphatic rings. The van der Waals surface area contributed by atoms with E-state index in [1.54, 1.807) is 0 Å². The zero-order chi connectivity index (χ0) is 12.6. The van der Waals surface area contributed by atoms with Gasteiger partial charge in [-0.3, -0.25) is 4.79 Å². The monoisotopic (exact) mass is 232 g/mol. The third-order valence-corrected chi connectivity index (χ3v) is 2.31. The van der Waals surface area contributed by atoms with E-state index in [0.717, 1.165) is 6.54 Å². The van der Waals surface area contributed by atoms with E-state index in [-0.39, 0.29) is 5.91 Å². The highest BCUT2D eigenvalue weighted by atomic mass is 16.5. The average molecular weight is 232 g/mol. The first-order valence-electron chi connectivity index (χ1n) is 5.64. The van der Waals surface area contributed by atoms with Crippen molar-refractivity contribution in [1.29, 1.82) is 0 Å². The molecular formula is C11H24N2O3. The summed E-state index contributed by atoms with van der Waals surface area (Å²) < 4.78 is 4.79. The molecule has 5 nitrogen and oxygen atoms in total. The Morgan fingerprint density at radius 2 is 2.12 bits per heavy atom. The summed E-state index contributed by atoms with van der Waals surface area (Å²) in [4.78, 5) is 11.7. The van der Waals surface area contributed by atoms with E-state index in [2.05, 4.69) is 10.6 Å². The average Bonchev–Trinajstić information content (AvgIpc) is 2.17. The minimum Gasteiger partial charge on any atom is -0.391 e. The molecule has 0 aliphatic heterocycles. The van der Waals surface area contributed by atoms with Crippen LogP contribution in [0.15, 0.2) is 0 Å². The van der Waals surface area contributed by atoms with Gasteiger partial charge in [0.25, 0.3) is 0 Å². The predicted octanol–water partition coefficient (Wildman–Crippen LogP) is -0.112. The molecule has 0 radical (unpaired) electrons. The van der Waals surface area contributed by atoms with Crippen LogP contribution < -0.4 is 10.6 Å². The van der Waals surface area contributed by atoms with Crippen LogP contribution in [0.2, 0.25) is 0 Å². The van der Waals surface area contributed by atoms with E-state index in [0.29, 0.717) is 19.6 Å². The number of amides is 1. The van der Waals surface area contributed by atoms with Gasteiger partial charge in [-0.2, -0.15) is 0 Å². The highest BCUT2D eigenvalue weighted by Crippen LogP contribution is 2.01. The second-order valence-corrected chi connectivity index (χ2v) is 4.31. The highest BCUT2D eigenvalue weighted by molar-refractivity contribution is 5.85. The van der Waals surface area contributed by atoms with Crippen LogP contribution in [0.1, 0.15) is 27.2 Å². The summed E-state index contributed by atoms with van der Waals surface area (Å²) in [6.45, 7) is 7.11. The van der Waals surface area contributed by atoms with Crippen molar-refractivity contribution >= 4 is 5.91 Å². The molecule has 16 heavy (non-hydrogen) atoms. The van der Waals surface area contributed by atoms with Gasteiger partial charge in [-0.25, -0.2) is 0 Å². The lowest BCUT2D eigenvalue weighted by molar-refractivity contribution is -0.126. The zero-order valence-electron chi connectivity index (χ0n) is 10.7. The van der Waals surface area contributed by atoms with Gasteiger partial charge in [0.1, 0.15) is 0 Å². The van der Waals surface area contributed by atoms with E-state index in [1.807, 2.05) is 20.8 Å². The number of hydrogen-bond donors (Lipinski definition) is 3. The van der Waals surface area contributed by atoms with Crippen molar-refractivity contribution in [3.8, 4) is 0 Å². The lowest BCUT2D eigenvalue weighted by Crippen LogP contribution is -2.52. The minimum absolute atomic E-state index is 0.0565. The molecule has 1 amide bonds. The summed E-state index contributed by atoms with van der Waals surface area (Å²) in [5.74, 6) is -0.0565. The minimum atomic E-state index is -0.568. The topological polar surface area (TPSA) is 70.6 Å². The van der Waals surface area contributed by atoms with Crippen molar-refractivity contribution in [3.63, 3.8) is 0 Å². The van der Waals surface area contributed by atoms with Gasteiger partial charge in [-0.15, -0.1) is 0 Å². The fourth-order valence-corrected chi connectivity index (χ4v) is 1.37. The lowest BCUT2D eigenvalue weighted by Gasteiger charge is -2.24. The zero-order valence-corrected chi connectivity index (χ0v) is 10.7. The van der Waals surface area contributed by atoms with Crippen molar-refractivity contribution < 1.29 is 14.6 Å². The van der Waals surface area contributed by atoms with Crippen molar-refractivity contribution in [1.82, 2.24) is 10.6 Å². The number of aliphatic hydroxyl groups is 1. The van der Waals surface area contributed by atoms with Crippen LogP contribution in [-0.4, -0.2) is 49.5 Å². The fourth-order valence-electron chi connectivity index (χ4n) is 1.37. The molecule has 0 fully saturated rings. The summed E-state index contributed by atoms with van der Waals surface area (Å²) in [6, 6.07) is 0. The molecule has 0 bridgehead atoms. The van der Waals surface area contributed by atoms with Crippen LogP contribution in [-0.2, 0) is 9.53 Å². The largest absolute Gasteiger partial charge is 0.391 e. The van der Waals surface area contributed by atoms with E-state index < -0.39 is 11.6 Å². The lowest BCUT2D eigenvalue weighted by atomic mass is 10.0.